The summed E-state index contributed by atoms with van der Waals surface area (Å²) in [6, 6.07) is 7.60. The Hall–Kier alpha value is -2.54. The monoisotopic (exact) mass is 428 g/mol. The highest BCUT2D eigenvalue weighted by molar-refractivity contribution is 5.91. The highest BCUT2D eigenvalue weighted by Crippen LogP contribution is 2.14. The van der Waals surface area contributed by atoms with E-state index >= 15 is 0 Å². The highest BCUT2D eigenvalue weighted by Gasteiger charge is 2.16. The van der Waals surface area contributed by atoms with Crippen molar-refractivity contribution in [2.24, 2.45) is 0 Å². The summed E-state index contributed by atoms with van der Waals surface area (Å²) in [7, 11) is 0. The Morgan fingerprint density at radius 2 is 1.94 bits per heavy atom. The molecule has 0 radical (unpaired) electrons. The van der Waals surface area contributed by atoms with Gasteiger partial charge >= 0.3 is 0 Å². The van der Waals surface area contributed by atoms with E-state index in [4.69, 9.17) is 4.42 Å². The number of furan rings is 1. The largest absolute Gasteiger partial charge is 0.454 e. The number of carbonyl (C=O) groups is 2. The molecular formula is C24H36N4O3. The van der Waals surface area contributed by atoms with Gasteiger partial charge in [0.2, 0.25) is 5.91 Å². The molecule has 2 aromatic rings. The zero-order valence-corrected chi connectivity index (χ0v) is 18.9. The summed E-state index contributed by atoms with van der Waals surface area (Å²) in [5, 5.41) is 2.96. The molecule has 7 nitrogen and oxygen atoms in total. The van der Waals surface area contributed by atoms with Crippen LogP contribution in [0.5, 0.6) is 0 Å². The molecule has 170 valence electrons. The van der Waals surface area contributed by atoms with Crippen molar-refractivity contribution < 1.29 is 14.0 Å². The number of likely N-dealkylation sites (tertiary alicyclic amines) is 1. The van der Waals surface area contributed by atoms with Crippen molar-refractivity contribution >= 4 is 11.8 Å². The lowest BCUT2D eigenvalue weighted by molar-refractivity contribution is -0.131. The van der Waals surface area contributed by atoms with Crippen molar-refractivity contribution in [1.82, 2.24) is 19.7 Å². The molecular weight excluding hydrogens is 392 g/mol. The quantitative estimate of drug-likeness (QED) is 0.595. The van der Waals surface area contributed by atoms with Crippen molar-refractivity contribution in [2.75, 3.05) is 32.7 Å². The van der Waals surface area contributed by atoms with E-state index in [1.807, 2.05) is 36.2 Å². The summed E-state index contributed by atoms with van der Waals surface area (Å²) in [5.74, 6) is 1.06. The van der Waals surface area contributed by atoms with Crippen molar-refractivity contribution in [3.8, 4) is 0 Å². The van der Waals surface area contributed by atoms with Gasteiger partial charge in [-0.3, -0.25) is 9.59 Å². The van der Waals surface area contributed by atoms with E-state index in [-0.39, 0.29) is 11.8 Å². The van der Waals surface area contributed by atoms with E-state index in [1.165, 1.54) is 19.3 Å². The van der Waals surface area contributed by atoms with Crippen LogP contribution in [0.1, 0.15) is 68.0 Å². The molecule has 3 heterocycles. The molecule has 0 unspecified atom stereocenters. The number of rotatable bonds is 11. The molecule has 0 spiro atoms. The van der Waals surface area contributed by atoms with Crippen LogP contribution < -0.4 is 5.32 Å². The van der Waals surface area contributed by atoms with Gasteiger partial charge in [0.25, 0.3) is 5.91 Å². The highest BCUT2D eigenvalue weighted by atomic mass is 16.4. The Balaban J connectivity index is 1.53. The molecule has 0 atom stereocenters. The summed E-state index contributed by atoms with van der Waals surface area (Å²) in [6.45, 7) is 9.61. The van der Waals surface area contributed by atoms with Crippen LogP contribution in [0, 0.1) is 0 Å². The Morgan fingerprint density at radius 3 is 2.68 bits per heavy atom. The third kappa shape index (κ3) is 6.72. The lowest BCUT2D eigenvalue weighted by atomic mass is 10.1. The Kier molecular flexibility index (Phi) is 8.76. The van der Waals surface area contributed by atoms with Crippen molar-refractivity contribution in [1.29, 1.82) is 0 Å². The second kappa shape index (κ2) is 11.7. The molecule has 1 aliphatic rings. The Bertz CT molecular complexity index is 836. The van der Waals surface area contributed by atoms with E-state index in [9.17, 15) is 9.59 Å². The molecule has 3 rings (SSSR count). The number of hydrogen-bond donors (Lipinski definition) is 1. The number of amides is 2. The van der Waals surface area contributed by atoms with Gasteiger partial charge in [0, 0.05) is 37.9 Å². The van der Waals surface area contributed by atoms with Crippen LogP contribution in [0.2, 0.25) is 0 Å². The van der Waals surface area contributed by atoms with Crippen LogP contribution in [0.4, 0.5) is 0 Å². The minimum Gasteiger partial charge on any atom is -0.454 e. The molecule has 2 amide bonds. The van der Waals surface area contributed by atoms with Crippen LogP contribution in [0.15, 0.2) is 34.9 Å². The molecule has 1 N–H and O–H groups in total. The van der Waals surface area contributed by atoms with Crippen LogP contribution in [-0.2, 0) is 17.9 Å². The average molecular weight is 429 g/mol. The zero-order chi connectivity index (χ0) is 22.1. The van der Waals surface area contributed by atoms with Gasteiger partial charge in [0.05, 0.1) is 13.1 Å². The van der Waals surface area contributed by atoms with Gasteiger partial charge in [0.1, 0.15) is 5.76 Å². The first-order valence-corrected chi connectivity index (χ1v) is 11.6. The maximum absolute atomic E-state index is 12.4. The van der Waals surface area contributed by atoms with E-state index in [0.29, 0.717) is 31.8 Å². The van der Waals surface area contributed by atoms with E-state index < -0.39 is 0 Å². The molecule has 0 bridgehead atoms. The lowest BCUT2D eigenvalue weighted by Crippen LogP contribution is -2.37. The first-order chi connectivity index (χ1) is 15.1. The van der Waals surface area contributed by atoms with Crippen molar-refractivity contribution in [2.45, 2.75) is 59.0 Å². The fourth-order valence-electron chi connectivity index (χ4n) is 4.08. The average Bonchev–Trinajstić information content (AvgIpc) is 3.43. The fraction of sp³-hybridized carbons (Fsp3) is 0.583. The summed E-state index contributed by atoms with van der Waals surface area (Å²) >= 11 is 0. The van der Waals surface area contributed by atoms with Crippen LogP contribution in [0.3, 0.4) is 0 Å². The third-order valence-electron chi connectivity index (χ3n) is 5.80. The summed E-state index contributed by atoms with van der Waals surface area (Å²) in [4.78, 5) is 28.9. The maximum Gasteiger partial charge on any atom is 0.287 e. The summed E-state index contributed by atoms with van der Waals surface area (Å²) in [6.07, 6.45) is 7.23. The molecule has 0 saturated carbocycles. The fourth-order valence-corrected chi connectivity index (χ4v) is 4.08. The first-order valence-electron chi connectivity index (χ1n) is 11.6. The molecule has 1 aliphatic heterocycles. The number of aromatic nitrogens is 1. The second-order valence-electron chi connectivity index (χ2n) is 8.22. The van der Waals surface area contributed by atoms with E-state index in [2.05, 4.69) is 21.7 Å². The Morgan fingerprint density at radius 1 is 1.13 bits per heavy atom. The lowest BCUT2D eigenvalue weighted by Gasteiger charge is -2.26. The van der Waals surface area contributed by atoms with Gasteiger partial charge in [-0.15, -0.1) is 0 Å². The minimum absolute atomic E-state index is 0.163. The number of piperidine rings is 1. The van der Waals surface area contributed by atoms with Gasteiger partial charge in [-0.2, -0.15) is 0 Å². The number of nitrogens with one attached hydrogen (secondary N) is 1. The standard InChI is InChI=1S/C24H36N4O3/c1-3-13-28(23(29)4-2)18-20-9-8-16-27(20)19-21-10-11-22(31-21)24(30)25-12-17-26-14-6-5-7-15-26/h8-11,16H,3-7,12-15,17-19H2,1-2H3,(H,25,30). The Labute approximate surface area is 185 Å². The van der Waals surface area contributed by atoms with Crippen LogP contribution in [-0.4, -0.2) is 58.9 Å². The van der Waals surface area contributed by atoms with Crippen molar-refractivity contribution in [3.63, 3.8) is 0 Å². The van der Waals surface area contributed by atoms with Crippen LogP contribution in [0.25, 0.3) is 0 Å². The third-order valence-corrected chi connectivity index (χ3v) is 5.80. The van der Waals surface area contributed by atoms with Crippen LogP contribution >= 0.6 is 0 Å². The molecule has 2 aromatic heterocycles. The number of nitrogens with zero attached hydrogens (tertiary/aromatic N) is 3. The normalized spacial score (nSPS) is 14.5. The predicted octanol–water partition coefficient (Wildman–Crippen LogP) is 3.49. The van der Waals surface area contributed by atoms with E-state index in [0.717, 1.165) is 44.1 Å². The molecule has 1 saturated heterocycles. The smallest absolute Gasteiger partial charge is 0.287 e. The van der Waals surface area contributed by atoms with E-state index in [1.54, 1.807) is 6.07 Å². The number of carbonyl (C=O) groups excluding carboxylic acids is 2. The molecule has 0 aromatic carbocycles. The van der Waals surface area contributed by atoms with Gasteiger partial charge in [-0.1, -0.05) is 20.3 Å². The maximum atomic E-state index is 12.4. The number of hydrogen-bond acceptors (Lipinski definition) is 4. The first kappa shape index (κ1) is 23.1. The summed E-state index contributed by atoms with van der Waals surface area (Å²) in [5.41, 5.74) is 1.05. The van der Waals surface area contributed by atoms with Gasteiger partial charge < -0.3 is 24.1 Å². The topological polar surface area (TPSA) is 70.7 Å². The molecule has 7 heteroatoms. The summed E-state index contributed by atoms with van der Waals surface area (Å²) < 4.78 is 7.88. The predicted molar refractivity (Wildman–Crippen MR) is 121 cm³/mol. The molecule has 31 heavy (non-hydrogen) atoms. The minimum atomic E-state index is -0.168. The SMILES string of the molecule is CCCN(Cc1cccn1Cc1ccc(C(=O)NCCN2CCCCC2)o1)C(=O)CC. The van der Waals surface area contributed by atoms with Crippen molar-refractivity contribution in [3.05, 3.63) is 47.7 Å². The van der Waals surface area contributed by atoms with Gasteiger partial charge in [-0.05, 0) is 56.6 Å². The van der Waals surface area contributed by atoms with Gasteiger partial charge in [0.15, 0.2) is 5.76 Å². The molecule has 0 aliphatic carbocycles. The molecule has 1 fully saturated rings. The second-order valence-corrected chi connectivity index (χ2v) is 8.22. The zero-order valence-electron chi connectivity index (χ0n) is 18.9. The van der Waals surface area contributed by atoms with Gasteiger partial charge in [-0.25, -0.2) is 0 Å².